The van der Waals surface area contributed by atoms with Crippen molar-refractivity contribution in [3.63, 3.8) is 0 Å². The van der Waals surface area contributed by atoms with Gasteiger partial charge in [-0.2, -0.15) is 0 Å². The van der Waals surface area contributed by atoms with Gasteiger partial charge in [-0.25, -0.2) is 13.1 Å². The number of hydrogen-bond acceptors (Lipinski definition) is 4. The summed E-state index contributed by atoms with van der Waals surface area (Å²) in [4.78, 5) is 0.119. The highest BCUT2D eigenvalue weighted by Crippen LogP contribution is 2.36. The maximum Gasteiger partial charge on any atom is 0.243 e. The highest BCUT2D eigenvalue weighted by molar-refractivity contribution is 7.89. The SMILES string of the molecule is CCC1(NS(=O)(=O)c2ccc(OC)cc2N)CCC1. The van der Waals surface area contributed by atoms with Gasteiger partial charge in [0.05, 0.1) is 12.8 Å². The maximum absolute atomic E-state index is 12.4. The van der Waals surface area contributed by atoms with Crippen LogP contribution in [0.1, 0.15) is 32.6 Å². The highest BCUT2D eigenvalue weighted by atomic mass is 32.2. The van der Waals surface area contributed by atoms with E-state index >= 15 is 0 Å². The topological polar surface area (TPSA) is 81.4 Å². The van der Waals surface area contributed by atoms with Crippen LogP contribution in [-0.4, -0.2) is 21.1 Å². The number of nitrogens with one attached hydrogen (secondary N) is 1. The fourth-order valence-corrected chi connectivity index (χ4v) is 4.01. The number of nitrogens with two attached hydrogens (primary N) is 1. The van der Waals surface area contributed by atoms with Gasteiger partial charge in [-0.05, 0) is 37.8 Å². The predicted octanol–water partition coefficient (Wildman–Crippen LogP) is 1.89. The standard InChI is InChI=1S/C13H20N2O3S/c1-3-13(7-4-8-13)15-19(16,17)12-6-5-10(18-2)9-11(12)14/h5-6,9,15H,3-4,7-8,14H2,1-2H3. The van der Waals surface area contributed by atoms with E-state index in [4.69, 9.17) is 10.5 Å². The highest BCUT2D eigenvalue weighted by Gasteiger charge is 2.39. The van der Waals surface area contributed by atoms with E-state index in [0.717, 1.165) is 25.7 Å². The van der Waals surface area contributed by atoms with Crippen molar-refractivity contribution in [2.45, 2.75) is 43.0 Å². The molecule has 5 nitrogen and oxygen atoms in total. The predicted molar refractivity (Wildman–Crippen MR) is 74.6 cm³/mol. The maximum atomic E-state index is 12.4. The Bertz CT molecular complexity index is 560. The van der Waals surface area contributed by atoms with Gasteiger partial charge in [0.2, 0.25) is 10.0 Å². The average Bonchev–Trinajstić information content (AvgIpc) is 2.33. The lowest BCUT2D eigenvalue weighted by atomic mass is 9.76. The van der Waals surface area contributed by atoms with E-state index in [9.17, 15) is 8.42 Å². The third-order valence-electron chi connectivity index (χ3n) is 3.84. The van der Waals surface area contributed by atoms with E-state index < -0.39 is 10.0 Å². The largest absolute Gasteiger partial charge is 0.497 e. The number of ether oxygens (including phenoxy) is 1. The molecule has 0 radical (unpaired) electrons. The summed E-state index contributed by atoms with van der Waals surface area (Å²) in [7, 11) is -2.06. The molecule has 19 heavy (non-hydrogen) atoms. The van der Waals surface area contributed by atoms with Crippen molar-refractivity contribution in [2.24, 2.45) is 0 Å². The third kappa shape index (κ3) is 2.69. The van der Waals surface area contributed by atoms with Crippen LogP contribution in [-0.2, 0) is 10.0 Å². The van der Waals surface area contributed by atoms with Gasteiger partial charge in [-0.15, -0.1) is 0 Å². The number of nitrogen functional groups attached to an aromatic ring is 1. The minimum atomic E-state index is -3.58. The number of hydrogen-bond donors (Lipinski definition) is 2. The summed E-state index contributed by atoms with van der Waals surface area (Å²) in [6.07, 6.45) is 3.63. The zero-order chi connectivity index (χ0) is 14.1. The minimum Gasteiger partial charge on any atom is -0.497 e. The first-order valence-corrected chi connectivity index (χ1v) is 7.88. The number of methoxy groups -OCH3 is 1. The van der Waals surface area contributed by atoms with E-state index in [0.29, 0.717) is 5.75 Å². The molecule has 1 aliphatic carbocycles. The smallest absolute Gasteiger partial charge is 0.243 e. The lowest BCUT2D eigenvalue weighted by molar-refractivity contribution is 0.214. The Labute approximate surface area is 114 Å². The molecule has 0 heterocycles. The Kier molecular flexibility index (Phi) is 3.73. The van der Waals surface area contributed by atoms with E-state index in [-0.39, 0.29) is 16.1 Å². The average molecular weight is 284 g/mol. The lowest BCUT2D eigenvalue weighted by Crippen LogP contribution is -2.52. The number of sulfonamides is 1. The van der Waals surface area contributed by atoms with Gasteiger partial charge in [0, 0.05) is 11.6 Å². The molecule has 0 spiro atoms. The Balaban J connectivity index is 2.29. The van der Waals surface area contributed by atoms with E-state index in [2.05, 4.69) is 4.72 Å². The molecule has 6 heteroatoms. The molecule has 3 N–H and O–H groups in total. The third-order valence-corrected chi connectivity index (χ3v) is 5.50. The van der Waals surface area contributed by atoms with Crippen molar-refractivity contribution in [3.05, 3.63) is 18.2 Å². The molecule has 0 amide bonds. The van der Waals surface area contributed by atoms with Gasteiger partial charge in [0.1, 0.15) is 10.6 Å². The van der Waals surface area contributed by atoms with Crippen molar-refractivity contribution in [3.8, 4) is 5.75 Å². The van der Waals surface area contributed by atoms with Crippen LogP contribution in [0, 0.1) is 0 Å². The molecule has 1 aromatic rings. The normalized spacial score (nSPS) is 17.8. The zero-order valence-corrected chi connectivity index (χ0v) is 12.1. The first kappa shape index (κ1) is 14.1. The first-order chi connectivity index (χ1) is 8.92. The van der Waals surface area contributed by atoms with Gasteiger partial charge < -0.3 is 10.5 Å². The molecular weight excluding hydrogens is 264 g/mol. The summed E-state index contributed by atoms with van der Waals surface area (Å²) < 4.78 is 32.6. The lowest BCUT2D eigenvalue weighted by Gasteiger charge is -2.41. The van der Waals surface area contributed by atoms with E-state index in [1.54, 1.807) is 6.07 Å². The van der Waals surface area contributed by atoms with Gasteiger partial charge >= 0.3 is 0 Å². The second kappa shape index (κ2) is 5.02. The number of rotatable bonds is 5. The van der Waals surface area contributed by atoms with Crippen LogP contribution in [0.2, 0.25) is 0 Å². The van der Waals surface area contributed by atoms with Crippen molar-refractivity contribution in [1.29, 1.82) is 0 Å². The summed E-state index contributed by atoms with van der Waals surface area (Å²) in [5, 5.41) is 0. The van der Waals surface area contributed by atoms with Crippen LogP contribution >= 0.6 is 0 Å². The summed E-state index contributed by atoms with van der Waals surface area (Å²) in [5.74, 6) is 0.547. The van der Waals surface area contributed by atoms with Crippen LogP contribution in [0.4, 0.5) is 5.69 Å². The summed E-state index contributed by atoms with van der Waals surface area (Å²) in [6.45, 7) is 2.00. The van der Waals surface area contributed by atoms with Crippen molar-refractivity contribution >= 4 is 15.7 Å². The molecule has 106 valence electrons. The molecule has 0 unspecified atom stereocenters. The molecule has 2 rings (SSSR count). The zero-order valence-electron chi connectivity index (χ0n) is 11.3. The molecule has 0 saturated heterocycles. The van der Waals surface area contributed by atoms with Crippen LogP contribution < -0.4 is 15.2 Å². The van der Waals surface area contributed by atoms with Gasteiger partial charge in [-0.3, -0.25) is 0 Å². The molecular formula is C13H20N2O3S. The Morgan fingerprint density at radius 3 is 2.53 bits per heavy atom. The molecule has 0 aromatic heterocycles. The van der Waals surface area contributed by atoms with Gasteiger partial charge in [0.15, 0.2) is 0 Å². The molecule has 1 aromatic carbocycles. The van der Waals surface area contributed by atoms with Crippen molar-refractivity contribution < 1.29 is 13.2 Å². The Morgan fingerprint density at radius 1 is 1.42 bits per heavy atom. The van der Waals surface area contributed by atoms with E-state index in [1.807, 2.05) is 6.92 Å². The van der Waals surface area contributed by atoms with Crippen LogP contribution in [0.3, 0.4) is 0 Å². The number of anilines is 1. The minimum absolute atomic E-state index is 0.119. The molecule has 1 fully saturated rings. The molecule has 0 aliphatic heterocycles. The van der Waals surface area contributed by atoms with Gasteiger partial charge in [-0.1, -0.05) is 6.92 Å². The molecule has 0 bridgehead atoms. The van der Waals surface area contributed by atoms with Crippen molar-refractivity contribution in [2.75, 3.05) is 12.8 Å². The monoisotopic (exact) mass is 284 g/mol. The number of benzene rings is 1. The van der Waals surface area contributed by atoms with Crippen molar-refractivity contribution in [1.82, 2.24) is 4.72 Å². The fraction of sp³-hybridized carbons (Fsp3) is 0.538. The molecule has 0 atom stereocenters. The van der Waals surface area contributed by atoms with Crippen LogP contribution in [0.5, 0.6) is 5.75 Å². The van der Waals surface area contributed by atoms with Gasteiger partial charge in [0.25, 0.3) is 0 Å². The molecule has 1 aliphatic rings. The molecule has 1 saturated carbocycles. The van der Waals surface area contributed by atoms with Crippen LogP contribution in [0.25, 0.3) is 0 Å². The summed E-state index contributed by atoms with van der Waals surface area (Å²) in [6, 6.07) is 4.61. The summed E-state index contributed by atoms with van der Waals surface area (Å²) in [5.41, 5.74) is 5.72. The summed E-state index contributed by atoms with van der Waals surface area (Å²) >= 11 is 0. The van der Waals surface area contributed by atoms with Crippen LogP contribution in [0.15, 0.2) is 23.1 Å². The Morgan fingerprint density at radius 2 is 2.11 bits per heavy atom. The fourth-order valence-electron chi connectivity index (χ4n) is 2.37. The first-order valence-electron chi connectivity index (χ1n) is 6.40. The second-order valence-electron chi connectivity index (χ2n) is 5.00. The quantitative estimate of drug-likeness (QED) is 0.809. The Hall–Kier alpha value is -1.27. The second-order valence-corrected chi connectivity index (χ2v) is 6.65. The van der Waals surface area contributed by atoms with E-state index in [1.165, 1.54) is 19.2 Å².